The highest BCUT2D eigenvalue weighted by atomic mass is 15.2. The topological polar surface area (TPSA) is 52.0 Å². The summed E-state index contributed by atoms with van der Waals surface area (Å²) in [5.74, 6) is 1.82. The first kappa shape index (κ1) is 12.4. The van der Waals surface area contributed by atoms with Crippen LogP contribution in [-0.4, -0.2) is 30.7 Å². The number of nitriles is 1. The van der Waals surface area contributed by atoms with Crippen LogP contribution in [-0.2, 0) is 0 Å². The average Bonchev–Trinajstić information content (AvgIpc) is 3.31. The van der Waals surface area contributed by atoms with Gasteiger partial charge >= 0.3 is 0 Å². The van der Waals surface area contributed by atoms with Gasteiger partial charge in [-0.05, 0) is 56.8 Å². The number of pyridine rings is 1. The minimum atomic E-state index is 0.640. The van der Waals surface area contributed by atoms with Gasteiger partial charge in [0.15, 0.2) is 0 Å². The molecule has 1 aromatic rings. The maximum atomic E-state index is 8.84. The zero-order valence-corrected chi connectivity index (χ0v) is 11.2. The number of piperidine rings is 1. The third kappa shape index (κ3) is 3.05. The van der Waals surface area contributed by atoms with Gasteiger partial charge in [0.05, 0.1) is 5.56 Å². The summed E-state index contributed by atoms with van der Waals surface area (Å²) in [6.45, 7) is 3.40. The SMILES string of the molecule is N#Cc1ccc(N(CC2CCNCC2)C2CC2)nc1. The number of hydrogen-bond acceptors (Lipinski definition) is 4. The third-order valence-corrected chi connectivity index (χ3v) is 4.07. The molecule has 100 valence electrons. The Hall–Kier alpha value is -1.60. The summed E-state index contributed by atoms with van der Waals surface area (Å²) in [6.07, 6.45) is 6.78. The summed E-state index contributed by atoms with van der Waals surface area (Å²) in [4.78, 5) is 6.92. The number of nitrogens with zero attached hydrogens (tertiary/aromatic N) is 3. The van der Waals surface area contributed by atoms with E-state index < -0.39 is 0 Å². The monoisotopic (exact) mass is 256 g/mol. The fraction of sp³-hybridized carbons (Fsp3) is 0.600. The van der Waals surface area contributed by atoms with E-state index in [1.807, 2.05) is 12.1 Å². The van der Waals surface area contributed by atoms with E-state index in [-0.39, 0.29) is 0 Å². The normalized spacial score (nSPS) is 19.9. The maximum absolute atomic E-state index is 8.84. The molecule has 0 spiro atoms. The van der Waals surface area contributed by atoms with Crippen molar-refractivity contribution < 1.29 is 0 Å². The molecule has 4 nitrogen and oxygen atoms in total. The molecule has 1 aromatic heterocycles. The maximum Gasteiger partial charge on any atom is 0.128 e. The molecule has 0 radical (unpaired) electrons. The number of anilines is 1. The van der Waals surface area contributed by atoms with Crippen molar-refractivity contribution in [3.8, 4) is 6.07 Å². The van der Waals surface area contributed by atoms with Gasteiger partial charge in [0.1, 0.15) is 11.9 Å². The fourth-order valence-electron chi connectivity index (χ4n) is 2.78. The van der Waals surface area contributed by atoms with Crippen molar-refractivity contribution in [2.75, 3.05) is 24.5 Å². The Balaban J connectivity index is 1.70. The largest absolute Gasteiger partial charge is 0.353 e. The molecule has 1 aliphatic heterocycles. The van der Waals surface area contributed by atoms with Gasteiger partial charge in [-0.2, -0.15) is 5.26 Å². The van der Waals surface area contributed by atoms with Gasteiger partial charge < -0.3 is 10.2 Å². The van der Waals surface area contributed by atoms with E-state index in [9.17, 15) is 0 Å². The first-order chi connectivity index (χ1) is 9.36. The molecule has 1 saturated heterocycles. The lowest BCUT2D eigenvalue weighted by Crippen LogP contribution is -2.37. The van der Waals surface area contributed by atoms with Gasteiger partial charge in [0.25, 0.3) is 0 Å². The van der Waals surface area contributed by atoms with Crippen LogP contribution in [0.5, 0.6) is 0 Å². The quantitative estimate of drug-likeness (QED) is 0.894. The number of aromatic nitrogens is 1. The molecule has 4 heteroatoms. The molecule has 2 heterocycles. The first-order valence-corrected chi connectivity index (χ1v) is 7.20. The molecule has 3 rings (SSSR count). The van der Waals surface area contributed by atoms with Crippen LogP contribution in [0.3, 0.4) is 0 Å². The van der Waals surface area contributed by atoms with Crippen LogP contribution in [0.4, 0.5) is 5.82 Å². The summed E-state index contributed by atoms with van der Waals surface area (Å²) >= 11 is 0. The average molecular weight is 256 g/mol. The van der Waals surface area contributed by atoms with Crippen molar-refractivity contribution in [2.45, 2.75) is 31.7 Å². The van der Waals surface area contributed by atoms with E-state index >= 15 is 0 Å². The predicted octanol–water partition coefficient (Wildman–Crippen LogP) is 1.92. The molecule has 2 aliphatic rings. The standard InChI is InChI=1S/C15H20N4/c16-9-13-1-4-15(18-10-13)19(14-2-3-14)11-12-5-7-17-8-6-12/h1,4,10,12,14,17H,2-3,5-8,11H2. The summed E-state index contributed by atoms with van der Waals surface area (Å²) in [7, 11) is 0. The van der Waals surface area contributed by atoms with E-state index in [1.165, 1.54) is 25.7 Å². The van der Waals surface area contributed by atoms with Crippen LogP contribution < -0.4 is 10.2 Å². The number of hydrogen-bond donors (Lipinski definition) is 1. The predicted molar refractivity (Wildman–Crippen MR) is 74.9 cm³/mol. The minimum Gasteiger partial charge on any atom is -0.353 e. The molecule has 0 bridgehead atoms. The second kappa shape index (κ2) is 5.58. The van der Waals surface area contributed by atoms with Crippen LogP contribution in [0.25, 0.3) is 0 Å². The van der Waals surface area contributed by atoms with Crippen LogP contribution in [0.2, 0.25) is 0 Å². The van der Waals surface area contributed by atoms with Crippen molar-refractivity contribution in [1.82, 2.24) is 10.3 Å². The summed E-state index contributed by atoms with van der Waals surface area (Å²) in [5, 5.41) is 12.3. The van der Waals surface area contributed by atoms with E-state index in [1.54, 1.807) is 6.20 Å². The molecule has 0 atom stereocenters. The molecule has 1 aliphatic carbocycles. The molecular weight excluding hydrogens is 236 g/mol. The van der Waals surface area contributed by atoms with Crippen molar-refractivity contribution in [3.05, 3.63) is 23.9 Å². The molecule has 1 N–H and O–H groups in total. The molecule has 0 amide bonds. The lowest BCUT2D eigenvalue weighted by molar-refractivity contribution is 0.372. The lowest BCUT2D eigenvalue weighted by atomic mass is 9.97. The van der Waals surface area contributed by atoms with E-state index in [0.29, 0.717) is 11.6 Å². The van der Waals surface area contributed by atoms with E-state index in [0.717, 1.165) is 31.4 Å². The molecule has 0 aromatic carbocycles. The summed E-state index contributed by atoms with van der Waals surface area (Å²) < 4.78 is 0. The Kier molecular flexibility index (Phi) is 3.65. The van der Waals surface area contributed by atoms with Gasteiger partial charge in [-0.1, -0.05) is 0 Å². The minimum absolute atomic E-state index is 0.640. The highest BCUT2D eigenvalue weighted by Crippen LogP contribution is 2.32. The van der Waals surface area contributed by atoms with Crippen LogP contribution in [0.1, 0.15) is 31.2 Å². The highest BCUT2D eigenvalue weighted by Gasteiger charge is 2.31. The second-order valence-corrected chi connectivity index (χ2v) is 5.59. The second-order valence-electron chi connectivity index (χ2n) is 5.59. The third-order valence-electron chi connectivity index (χ3n) is 4.07. The Morgan fingerprint density at radius 3 is 2.63 bits per heavy atom. The zero-order chi connectivity index (χ0) is 13.1. The van der Waals surface area contributed by atoms with Gasteiger partial charge in [-0.15, -0.1) is 0 Å². The first-order valence-electron chi connectivity index (χ1n) is 7.20. The van der Waals surface area contributed by atoms with Crippen LogP contribution in [0.15, 0.2) is 18.3 Å². The molecule has 2 fully saturated rings. The van der Waals surface area contributed by atoms with E-state index in [2.05, 4.69) is 21.3 Å². The molecule has 0 unspecified atom stereocenters. The highest BCUT2D eigenvalue weighted by molar-refractivity contribution is 5.44. The summed E-state index contributed by atoms with van der Waals surface area (Å²) in [6, 6.07) is 6.68. The fourth-order valence-corrected chi connectivity index (χ4v) is 2.78. The Morgan fingerprint density at radius 1 is 1.26 bits per heavy atom. The van der Waals surface area contributed by atoms with Crippen molar-refractivity contribution in [3.63, 3.8) is 0 Å². The smallest absolute Gasteiger partial charge is 0.128 e. The Labute approximate surface area is 114 Å². The molecule has 1 saturated carbocycles. The summed E-state index contributed by atoms with van der Waals surface area (Å²) in [5.41, 5.74) is 0.640. The van der Waals surface area contributed by atoms with Gasteiger partial charge in [-0.25, -0.2) is 4.98 Å². The zero-order valence-electron chi connectivity index (χ0n) is 11.2. The molecule has 19 heavy (non-hydrogen) atoms. The van der Waals surface area contributed by atoms with Gasteiger partial charge in [0.2, 0.25) is 0 Å². The van der Waals surface area contributed by atoms with Crippen molar-refractivity contribution >= 4 is 5.82 Å². The van der Waals surface area contributed by atoms with Crippen molar-refractivity contribution in [2.24, 2.45) is 5.92 Å². The number of rotatable bonds is 4. The molecular formula is C15H20N4. The Morgan fingerprint density at radius 2 is 2.05 bits per heavy atom. The van der Waals surface area contributed by atoms with Gasteiger partial charge in [0, 0.05) is 18.8 Å². The van der Waals surface area contributed by atoms with Crippen LogP contribution >= 0.6 is 0 Å². The number of nitrogens with one attached hydrogen (secondary N) is 1. The van der Waals surface area contributed by atoms with Gasteiger partial charge in [-0.3, -0.25) is 0 Å². The Bertz CT molecular complexity index is 452. The van der Waals surface area contributed by atoms with E-state index in [4.69, 9.17) is 5.26 Å². The lowest BCUT2D eigenvalue weighted by Gasteiger charge is -2.31. The van der Waals surface area contributed by atoms with Crippen LogP contribution in [0, 0.1) is 17.2 Å². The van der Waals surface area contributed by atoms with Crippen molar-refractivity contribution in [1.29, 1.82) is 5.26 Å².